The molecule has 2 nitrogen and oxygen atoms in total. The van der Waals surface area contributed by atoms with Gasteiger partial charge in [0.25, 0.3) is 0 Å². The molecule has 2 aromatic rings. The van der Waals surface area contributed by atoms with Gasteiger partial charge in [0.2, 0.25) is 0 Å². The molecule has 21 heavy (non-hydrogen) atoms. The molecule has 1 N–H and O–H groups in total. The molecule has 2 aromatic carbocycles. The van der Waals surface area contributed by atoms with Crippen LogP contribution in [0.5, 0.6) is 0 Å². The zero-order valence-corrected chi connectivity index (χ0v) is 13.7. The van der Waals surface area contributed by atoms with E-state index in [9.17, 15) is 5.11 Å². The summed E-state index contributed by atoms with van der Waals surface area (Å²) >= 11 is 0. The molecule has 114 valence electrons. The molecular formula is C18H24ClNO. The Hall–Kier alpha value is -1.35. The molecule has 0 saturated carbocycles. The van der Waals surface area contributed by atoms with Gasteiger partial charge in [-0.2, -0.15) is 0 Å². The lowest BCUT2D eigenvalue weighted by atomic mass is 10.0. The van der Waals surface area contributed by atoms with Gasteiger partial charge in [-0.05, 0) is 12.5 Å². The Morgan fingerprint density at radius 2 is 1.38 bits per heavy atom. The number of likely N-dealkylation sites (N-methyl/N-ethyl adjacent to an activating group) is 1. The number of hydrogen-bond donors (Lipinski definition) is 1. The first kappa shape index (κ1) is 17.7. The van der Waals surface area contributed by atoms with E-state index in [0.717, 1.165) is 16.6 Å². The third-order valence-electron chi connectivity index (χ3n) is 4.13. The van der Waals surface area contributed by atoms with Gasteiger partial charge < -0.3 is 22.0 Å². The minimum Gasteiger partial charge on any atom is -1.00 e. The van der Waals surface area contributed by atoms with Gasteiger partial charge in [-0.1, -0.05) is 60.7 Å². The topological polar surface area (TPSA) is 20.2 Å². The van der Waals surface area contributed by atoms with Crippen LogP contribution in [0.15, 0.2) is 60.7 Å². The van der Waals surface area contributed by atoms with Crippen molar-refractivity contribution in [1.82, 2.24) is 0 Å². The third kappa shape index (κ3) is 4.57. The Labute approximate surface area is 134 Å². The number of aliphatic hydroxyl groups is 1. The van der Waals surface area contributed by atoms with Gasteiger partial charge in [0, 0.05) is 5.56 Å². The van der Waals surface area contributed by atoms with E-state index in [1.807, 2.05) is 36.4 Å². The van der Waals surface area contributed by atoms with E-state index >= 15 is 0 Å². The zero-order valence-electron chi connectivity index (χ0n) is 12.9. The first-order valence-corrected chi connectivity index (χ1v) is 7.10. The molecule has 0 radical (unpaired) electrons. The van der Waals surface area contributed by atoms with E-state index in [1.165, 1.54) is 5.56 Å². The smallest absolute Gasteiger partial charge is 0.130 e. The van der Waals surface area contributed by atoms with Crippen molar-refractivity contribution in [1.29, 1.82) is 0 Å². The minimum atomic E-state index is -0.449. The Balaban J connectivity index is 0.00000220. The largest absolute Gasteiger partial charge is 1.00 e. The van der Waals surface area contributed by atoms with Crippen LogP contribution >= 0.6 is 0 Å². The van der Waals surface area contributed by atoms with Gasteiger partial charge in [0.15, 0.2) is 0 Å². The Morgan fingerprint density at radius 3 is 1.90 bits per heavy atom. The van der Waals surface area contributed by atoms with Crippen molar-refractivity contribution in [2.45, 2.75) is 25.6 Å². The summed E-state index contributed by atoms with van der Waals surface area (Å²) in [5.74, 6) is 0. The van der Waals surface area contributed by atoms with Gasteiger partial charge >= 0.3 is 0 Å². The predicted octanol–water partition coefficient (Wildman–Crippen LogP) is 0.389. The lowest BCUT2D eigenvalue weighted by Crippen LogP contribution is -3.00. The van der Waals surface area contributed by atoms with Crippen LogP contribution in [-0.4, -0.2) is 29.7 Å². The van der Waals surface area contributed by atoms with Gasteiger partial charge in [-0.25, -0.2) is 0 Å². The quantitative estimate of drug-likeness (QED) is 0.793. The highest BCUT2D eigenvalue weighted by molar-refractivity contribution is 5.18. The summed E-state index contributed by atoms with van der Waals surface area (Å²) in [7, 11) is 4.34. The van der Waals surface area contributed by atoms with E-state index in [0.29, 0.717) is 0 Å². The van der Waals surface area contributed by atoms with Crippen molar-refractivity contribution in [3.05, 3.63) is 71.8 Å². The van der Waals surface area contributed by atoms with Gasteiger partial charge in [-0.15, -0.1) is 0 Å². The second-order valence-corrected chi connectivity index (χ2v) is 6.02. The fraction of sp³-hybridized carbons (Fsp3) is 0.333. The fourth-order valence-corrected chi connectivity index (χ4v) is 2.51. The molecule has 0 amide bonds. The summed E-state index contributed by atoms with van der Waals surface area (Å²) in [5.41, 5.74) is 2.28. The number of nitrogens with zero attached hydrogens (tertiary/aromatic N) is 1. The molecule has 0 bridgehead atoms. The van der Waals surface area contributed by atoms with Crippen LogP contribution in [0.2, 0.25) is 0 Å². The van der Waals surface area contributed by atoms with Crippen molar-refractivity contribution in [3.8, 4) is 0 Å². The second kappa shape index (κ2) is 7.60. The molecule has 0 saturated heterocycles. The monoisotopic (exact) mass is 305 g/mol. The Kier molecular flexibility index (Phi) is 6.41. The average molecular weight is 306 g/mol. The molecule has 0 heterocycles. The van der Waals surface area contributed by atoms with Crippen molar-refractivity contribution in [2.75, 3.05) is 14.1 Å². The van der Waals surface area contributed by atoms with Crippen molar-refractivity contribution >= 4 is 0 Å². The van der Waals surface area contributed by atoms with Crippen LogP contribution in [-0.2, 0) is 6.54 Å². The molecular weight excluding hydrogens is 282 g/mol. The van der Waals surface area contributed by atoms with E-state index in [2.05, 4.69) is 45.3 Å². The first-order chi connectivity index (χ1) is 9.50. The summed E-state index contributed by atoms with van der Waals surface area (Å²) in [6.45, 7) is 3.02. The predicted molar refractivity (Wildman–Crippen MR) is 83.1 cm³/mol. The maximum absolute atomic E-state index is 10.6. The lowest BCUT2D eigenvalue weighted by molar-refractivity contribution is -0.930. The molecule has 3 heteroatoms. The summed E-state index contributed by atoms with van der Waals surface area (Å²) < 4.78 is 0.750. The molecule has 0 fully saturated rings. The van der Waals surface area contributed by atoms with Crippen LogP contribution in [0.3, 0.4) is 0 Å². The summed E-state index contributed by atoms with van der Waals surface area (Å²) in [5, 5.41) is 10.6. The van der Waals surface area contributed by atoms with Gasteiger partial charge in [-0.3, -0.25) is 0 Å². The van der Waals surface area contributed by atoms with Crippen LogP contribution in [0.4, 0.5) is 0 Å². The maximum Gasteiger partial charge on any atom is 0.130 e. The molecule has 0 aliphatic heterocycles. The highest BCUT2D eigenvalue weighted by Crippen LogP contribution is 2.25. The summed E-state index contributed by atoms with van der Waals surface area (Å²) in [4.78, 5) is 0. The number of quaternary nitrogens is 1. The number of rotatable bonds is 5. The van der Waals surface area contributed by atoms with E-state index < -0.39 is 6.10 Å². The van der Waals surface area contributed by atoms with Crippen LogP contribution in [0, 0.1) is 0 Å². The van der Waals surface area contributed by atoms with Gasteiger partial charge in [0.1, 0.15) is 18.7 Å². The van der Waals surface area contributed by atoms with Crippen molar-refractivity contribution in [2.24, 2.45) is 0 Å². The summed E-state index contributed by atoms with van der Waals surface area (Å²) in [6, 6.07) is 20.5. The summed E-state index contributed by atoms with van der Waals surface area (Å²) in [6.07, 6.45) is -0.449. The fourth-order valence-electron chi connectivity index (χ4n) is 2.51. The first-order valence-electron chi connectivity index (χ1n) is 7.10. The van der Waals surface area contributed by atoms with E-state index in [4.69, 9.17) is 0 Å². The zero-order chi connectivity index (χ0) is 14.6. The Bertz CT molecular complexity index is 527. The number of halogens is 1. The minimum absolute atomic E-state index is 0. The number of benzene rings is 2. The lowest BCUT2D eigenvalue weighted by Gasteiger charge is -2.38. The normalized spacial score (nSPS) is 14.1. The third-order valence-corrected chi connectivity index (χ3v) is 4.13. The Morgan fingerprint density at radius 1 is 0.905 bits per heavy atom. The molecule has 0 aliphatic carbocycles. The molecule has 0 aliphatic rings. The van der Waals surface area contributed by atoms with Crippen molar-refractivity contribution in [3.63, 3.8) is 0 Å². The van der Waals surface area contributed by atoms with Crippen LogP contribution in [0.1, 0.15) is 24.2 Å². The average Bonchev–Trinajstić information content (AvgIpc) is 2.47. The second-order valence-electron chi connectivity index (χ2n) is 6.02. The van der Waals surface area contributed by atoms with Crippen molar-refractivity contribution < 1.29 is 22.0 Å². The van der Waals surface area contributed by atoms with E-state index in [-0.39, 0.29) is 18.4 Å². The van der Waals surface area contributed by atoms with Crippen LogP contribution in [0.25, 0.3) is 0 Å². The van der Waals surface area contributed by atoms with Gasteiger partial charge in [0.05, 0.1) is 14.1 Å². The molecule has 2 rings (SSSR count). The highest BCUT2D eigenvalue weighted by Gasteiger charge is 2.31. The van der Waals surface area contributed by atoms with E-state index in [1.54, 1.807) is 0 Å². The molecule has 0 spiro atoms. The maximum atomic E-state index is 10.6. The number of aliphatic hydroxyl groups excluding tert-OH is 1. The SMILES string of the molecule is CC(C(O)c1ccccc1)[N+](C)(C)Cc1ccccc1.[Cl-]. The standard InChI is InChI=1S/C18H24NO.ClH/c1-15(18(20)17-12-8-5-9-13-17)19(2,3)14-16-10-6-4-7-11-16;/h4-13,15,18,20H,14H2,1-3H3;1H/q+1;/p-1. The molecule has 2 atom stereocenters. The number of hydrogen-bond acceptors (Lipinski definition) is 1. The highest BCUT2D eigenvalue weighted by atomic mass is 35.5. The molecule has 2 unspecified atom stereocenters. The van der Waals surface area contributed by atoms with Crippen LogP contribution < -0.4 is 12.4 Å². The molecule has 0 aromatic heterocycles.